The number of aromatic hydroxyl groups is 1. The fourth-order valence-corrected chi connectivity index (χ4v) is 1.49. The molecular formula is C10H11NO4. The zero-order chi connectivity index (χ0) is 10.8. The number of carbonyl (C=O) groups is 1. The van der Waals surface area contributed by atoms with Crippen LogP contribution < -0.4 is 10.1 Å². The summed E-state index contributed by atoms with van der Waals surface area (Å²) < 4.78 is 9.78. The van der Waals surface area contributed by atoms with Gasteiger partial charge in [-0.15, -0.1) is 0 Å². The number of cyclic esters (lactones) is 1. The van der Waals surface area contributed by atoms with Crippen LogP contribution in [0.2, 0.25) is 0 Å². The van der Waals surface area contributed by atoms with E-state index >= 15 is 0 Å². The van der Waals surface area contributed by atoms with Crippen molar-refractivity contribution in [3.63, 3.8) is 0 Å². The van der Waals surface area contributed by atoms with Gasteiger partial charge in [-0.25, -0.2) is 4.79 Å². The van der Waals surface area contributed by atoms with E-state index in [1.807, 2.05) is 0 Å². The van der Waals surface area contributed by atoms with Crippen molar-refractivity contribution < 1.29 is 19.4 Å². The first kappa shape index (κ1) is 9.64. The van der Waals surface area contributed by atoms with Crippen molar-refractivity contribution in [1.82, 2.24) is 5.32 Å². The van der Waals surface area contributed by atoms with Gasteiger partial charge in [0, 0.05) is 5.56 Å². The van der Waals surface area contributed by atoms with Crippen molar-refractivity contribution in [1.29, 1.82) is 0 Å². The molecule has 1 aromatic carbocycles. The summed E-state index contributed by atoms with van der Waals surface area (Å²) in [6, 6.07) is 4.54. The van der Waals surface area contributed by atoms with Gasteiger partial charge in [-0.3, -0.25) is 0 Å². The molecule has 1 aromatic rings. The summed E-state index contributed by atoms with van der Waals surface area (Å²) in [5, 5.41) is 12.2. The topological polar surface area (TPSA) is 67.8 Å². The second kappa shape index (κ2) is 3.68. The van der Waals surface area contributed by atoms with Crippen LogP contribution in [0.3, 0.4) is 0 Å². The second-order valence-electron chi connectivity index (χ2n) is 3.22. The molecule has 1 saturated heterocycles. The average Bonchev–Trinajstić information content (AvgIpc) is 2.65. The van der Waals surface area contributed by atoms with Crippen molar-refractivity contribution in [2.24, 2.45) is 0 Å². The third kappa shape index (κ3) is 1.81. The van der Waals surface area contributed by atoms with E-state index in [1.165, 1.54) is 6.07 Å². The quantitative estimate of drug-likeness (QED) is 0.767. The summed E-state index contributed by atoms with van der Waals surface area (Å²) in [6.07, 6.45) is -0.470. The molecule has 15 heavy (non-hydrogen) atoms. The largest absolute Gasteiger partial charge is 0.508 e. The Morgan fingerprint density at radius 2 is 2.40 bits per heavy atom. The van der Waals surface area contributed by atoms with Gasteiger partial charge in [0.05, 0.1) is 13.2 Å². The Kier molecular flexibility index (Phi) is 2.37. The normalized spacial score (nSPS) is 19.5. The van der Waals surface area contributed by atoms with E-state index in [4.69, 9.17) is 9.47 Å². The molecule has 80 valence electrons. The van der Waals surface area contributed by atoms with Crippen molar-refractivity contribution in [2.75, 3.05) is 13.7 Å². The number of hydrogen-bond acceptors (Lipinski definition) is 4. The minimum absolute atomic E-state index is 0.117. The van der Waals surface area contributed by atoms with Crippen LogP contribution in [0, 0.1) is 0 Å². The van der Waals surface area contributed by atoms with Gasteiger partial charge in [-0.2, -0.15) is 0 Å². The third-order valence-electron chi connectivity index (χ3n) is 2.28. The maximum Gasteiger partial charge on any atom is 0.407 e. The first-order chi connectivity index (χ1) is 7.20. The van der Waals surface area contributed by atoms with Gasteiger partial charge in [0.2, 0.25) is 0 Å². The Morgan fingerprint density at radius 1 is 1.60 bits per heavy atom. The lowest BCUT2D eigenvalue weighted by molar-refractivity contribution is 0.177. The minimum atomic E-state index is -0.470. The molecule has 0 unspecified atom stereocenters. The number of amides is 1. The highest BCUT2D eigenvalue weighted by Crippen LogP contribution is 2.30. The smallest absolute Gasteiger partial charge is 0.407 e. The number of ether oxygens (including phenoxy) is 2. The number of methoxy groups -OCH3 is 1. The lowest BCUT2D eigenvalue weighted by Gasteiger charge is -2.11. The Labute approximate surface area is 86.6 Å². The minimum Gasteiger partial charge on any atom is -0.508 e. The lowest BCUT2D eigenvalue weighted by Crippen LogP contribution is -2.18. The molecular weight excluding hydrogens is 198 g/mol. The van der Waals surface area contributed by atoms with Crippen molar-refractivity contribution in [3.05, 3.63) is 23.8 Å². The van der Waals surface area contributed by atoms with E-state index in [-0.39, 0.29) is 18.4 Å². The van der Waals surface area contributed by atoms with Crippen molar-refractivity contribution in [2.45, 2.75) is 6.04 Å². The SMILES string of the molecule is COc1ccc(O)c([C@@H]2COC(=O)N2)c1. The number of phenolic OH excluding ortho intramolecular Hbond substituents is 1. The zero-order valence-corrected chi connectivity index (χ0v) is 8.19. The monoisotopic (exact) mass is 209 g/mol. The van der Waals surface area contributed by atoms with Crippen LogP contribution in [-0.2, 0) is 4.74 Å². The lowest BCUT2D eigenvalue weighted by atomic mass is 10.1. The molecule has 0 bridgehead atoms. The molecule has 1 aliphatic heterocycles. The summed E-state index contributed by atoms with van der Waals surface area (Å²) in [5.74, 6) is 0.746. The van der Waals surface area contributed by atoms with Crippen LogP contribution in [0.1, 0.15) is 11.6 Å². The Bertz CT molecular complexity index is 391. The predicted octanol–water partition coefficient (Wildman–Crippen LogP) is 1.18. The van der Waals surface area contributed by atoms with E-state index < -0.39 is 6.09 Å². The molecule has 0 aromatic heterocycles. The summed E-state index contributed by atoms with van der Waals surface area (Å²) in [4.78, 5) is 10.8. The summed E-state index contributed by atoms with van der Waals surface area (Å²) >= 11 is 0. The first-order valence-electron chi connectivity index (χ1n) is 4.51. The highest BCUT2D eigenvalue weighted by molar-refractivity contribution is 5.70. The van der Waals surface area contributed by atoms with Gasteiger partial charge in [0.15, 0.2) is 0 Å². The maximum absolute atomic E-state index is 10.8. The highest BCUT2D eigenvalue weighted by Gasteiger charge is 2.26. The number of rotatable bonds is 2. The molecule has 0 saturated carbocycles. The highest BCUT2D eigenvalue weighted by atomic mass is 16.6. The maximum atomic E-state index is 10.8. The number of benzene rings is 1. The molecule has 2 rings (SSSR count). The number of hydrogen-bond donors (Lipinski definition) is 2. The number of phenols is 1. The van der Waals surface area contributed by atoms with E-state index in [0.717, 1.165) is 0 Å². The van der Waals surface area contributed by atoms with Gasteiger partial charge in [-0.1, -0.05) is 0 Å². The third-order valence-corrected chi connectivity index (χ3v) is 2.28. The molecule has 5 nitrogen and oxygen atoms in total. The molecule has 1 atom stereocenters. The van der Waals surface area contributed by atoms with Crippen LogP contribution in [0.25, 0.3) is 0 Å². The molecule has 0 spiro atoms. The Balaban J connectivity index is 2.30. The fraction of sp³-hybridized carbons (Fsp3) is 0.300. The standard InChI is InChI=1S/C10H11NO4/c1-14-6-2-3-9(12)7(4-6)8-5-15-10(13)11-8/h2-4,8,12H,5H2,1H3,(H,11,13)/t8-/m0/s1. The van der Waals surface area contributed by atoms with Gasteiger partial charge in [-0.05, 0) is 18.2 Å². The molecule has 0 radical (unpaired) electrons. The van der Waals surface area contributed by atoms with E-state index in [0.29, 0.717) is 11.3 Å². The van der Waals surface area contributed by atoms with Gasteiger partial charge in [0.25, 0.3) is 0 Å². The predicted molar refractivity (Wildman–Crippen MR) is 51.9 cm³/mol. The van der Waals surface area contributed by atoms with Crippen LogP contribution in [0.5, 0.6) is 11.5 Å². The molecule has 0 aliphatic carbocycles. The first-order valence-corrected chi connectivity index (χ1v) is 4.51. The van der Waals surface area contributed by atoms with E-state index in [9.17, 15) is 9.90 Å². The van der Waals surface area contributed by atoms with Crippen LogP contribution >= 0.6 is 0 Å². The molecule has 1 aliphatic rings. The molecule has 1 fully saturated rings. The van der Waals surface area contributed by atoms with E-state index in [1.54, 1.807) is 19.2 Å². The van der Waals surface area contributed by atoms with Crippen LogP contribution in [0.15, 0.2) is 18.2 Å². The summed E-state index contributed by atoms with van der Waals surface area (Å²) in [5.41, 5.74) is 0.597. The second-order valence-corrected chi connectivity index (χ2v) is 3.22. The fourth-order valence-electron chi connectivity index (χ4n) is 1.49. The zero-order valence-electron chi connectivity index (χ0n) is 8.19. The summed E-state index contributed by atoms with van der Waals surface area (Å²) in [6.45, 7) is 0.222. The van der Waals surface area contributed by atoms with Crippen molar-refractivity contribution in [3.8, 4) is 11.5 Å². The van der Waals surface area contributed by atoms with Gasteiger partial charge < -0.3 is 19.9 Å². The Morgan fingerprint density at radius 3 is 3.00 bits per heavy atom. The van der Waals surface area contributed by atoms with Crippen LogP contribution in [-0.4, -0.2) is 24.9 Å². The van der Waals surface area contributed by atoms with Crippen LogP contribution in [0.4, 0.5) is 4.79 Å². The van der Waals surface area contributed by atoms with Gasteiger partial charge >= 0.3 is 6.09 Å². The molecule has 1 heterocycles. The Hall–Kier alpha value is -1.91. The average molecular weight is 209 g/mol. The summed E-state index contributed by atoms with van der Waals surface area (Å²) in [7, 11) is 1.54. The van der Waals surface area contributed by atoms with Crippen molar-refractivity contribution >= 4 is 6.09 Å². The van der Waals surface area contributed by atoms with Gasteiger partial charge in [0.1, 0.15) is 18.1 Å². The van der Waals surface area contributed by atoms with E-state index in [2.05, 4.69) is 5.32 Å². The number of nitrogens with one attached hydrogen (secondary N) is 1. The number of carbonyl (C=O) groups excluding carboxylic acids is 1. The molecule has 1 amide bonds. The molecule has 2 N–H and O–H groups in total. The molecule has 5 heteroatoms. The number of alkyl carbamates (subject to hydrolysis) is 1.